The number of nitrogens with one attached hydrogen (secondary N) is 2. The van der Waals surface area contributed by atoms with Gasteiger partial charge in [-0.15, -0.1) is 6.58 Å². The Bertz CT molecular complexity index is 429. The molecule has 0 aromatic rings. The predicted molar refractivity (Wildman–Crippen MR) is 58.4 cm³/mol. The number of amides is 1. The molecule has 90 valence electrons. The number of rotatable bonds is 5. The van der Waals surface area contributed by atoms with Crippen LogP contribution in [0.1, 0.15) is 19.3 Å². The van der Waals surface area contributed by atoms with Gasteiger partial charge in [-0.25, -0.2) is 13.8 Å². The molecular weight excluding hydrogens is 230 g/mol. The molecule has 2 atom stereocenters. The van der Waals surface area contributed by atoms with Gasteiger partial charge in [-0.2, -0.15) is 0 Å². The Kier molecular flexibility index (Phi) is 2.56. The lowest BCUT2D eigenvalue weighted by Gasteiger charge is -2.15. The number of carbonyl (C=O) groups is 1. The number of hydrogen-bond donors (Lipinski definition) is 3. The van der Waals surface area contributed by atoms with Gasteiger partial charge in [0.2, 0.25) is 10.0 Å². The van der Waals surface area contributed by atoms with Gasteiger partial charge in [0.15, 0.2) is 0 Å². The zero-order valence-electron chi connectivity index (χ0n) is 8.77. The lowest BCUT2D eigenvalue weighted by molar-refractivity contribution is -0.122. The van der Waals surface area contributed by atoms with Crippen LogP contribution in [0.5, 0.6) is 0 Å². The Morgan fingerprint density at radius 1 is 1.50 bits per heavy atom. The van der Waals surface area contributed by atoms with Gasteiger partial charge in [-0.1, -0.05) is 6.08 Å². The van der Waals surface area contributed by atoms with E-state index in [1.54, 1.807) is 6.08 Å². The molecule has 0 saturated heterocycles. The first-order valence-electron chi connectivity index (χ1n) is 5.12. The van der Waals surface area contributed by atoms with Crippen LogP contribution in [0, 0.1) is 5.92 Å². The van der Waals surface area contributed by atoms with E-state index >= 15 is 0 Å². The van der Waals surface area contributed by atoms with E-state index in [4.69, 9.17) is 5.84 Å². The van der Waals surface area contributed by atoms with Crippen molar-refractivity contribution < 1.29 is 13.2 Å². The van der Waals surface area contributed by atoms with Crippen molar-refractivity contribution in [3.8, 4) is 0 Å². The van der Waals surface area contributed by atoms with Gasteiger partial charge in [0, 0.05) is 5.92 Å². The molecule has 4 N–H and O–H groups in total. The van der Waals surface area contributed by atoms with Gasteiger partial charge in [-0.3, -0.25) is 15.4 Å². The summed E-state index contributed by atoms with van der Waals surface area (Å²) in [5.74, 6) is 4.61. The second-order valence-corrected chi connectivity index (χ2v) is 6.30. The summed E-state index contributed by atoms with van der Waals surface area (Å²) in [6, 6.07) is 0. The Balaban J connectivity index is 2.06. The van der Waals surface area contributed by atoms with Crippen molar-refractivity contribution in [1.82, 2.24) is 10.1 Å². The van der Waals surface area contributed by atoms with E-state index in [0.717, 1.165) is 0 Å². The molecule has 1 amide bonds. The maximum atomic E-state index is 11.8. The largest absolute Gasteiger partial charge is 0.272 e. The van der Waals surface area contributed by atoms with Crippen molar-refractivity contribution in [3.63, 3.8) is 0 Å². The van der Waals surface area contributed by atoms with Crippen LogP contribution in [-0.2, 0) is 14.8 Å². The first-order valence-corrected chi connectivity index (χ1v) is 6.67. The molecule has 2 aliphatic rings. The molecule has 2 aliphatic carbocycles. The molecule has 0 bridgehead atoms. The van der Waals surface area contributed by atoms with Crippen LogP contribution in [0.3, 0.4) is 0 Å². The predicted octanol–water partition coefficient (Wildman–Crippen LogP) is -0.997. The van der Waals surface area contributed by atoms with Crippen molar-refractivity contribution in [3.05, 3.63) is 12.7 Å². The van der Waals surface area contributed by atoms with Crippen LogP contribution < -0.4 is 16.0 Å². The average Bonchev–Trinajstić information content (AvgIpc) is 3.10. The molecule has 0 aliphatic heterocycles. The lowest BCUT2D eigenvalue weighted by atomic mass is 10.2. The van der Waals surface area contributed by atoms with E-state index in [2.05, 4.69) is 16.7 Å². The quantitative estimate of drug-likeness (QED) is 0.328. The highest BCUT2D eigenvalue weighted by atomic mass is 32.2. The fourth-order valence-electron chi connectivity index (χ4n) is 1.75. The number of hydrogen-bond acceptors (Lipinski definition) is 5. The highest BCUT2D eigenvalue weighted by Crippen LogP contribution is 2.44. The smallest absolute Gasteiger partial charge is 0.255 e. The Hall–Kier alpha value is -0.920. The average molecular weight is 245 g/mol. The number of hydrazine groups is 1. The zero-order valence-corrected chi connectivity index (χ0v) is 9.59. The van der Waals surface area contributed by atoms with Crippen LogP contribution in [-0.4, -0.2) is 25.1 Å². The minimum atomic E-state index is -3.50. The van der Waals surface area contributed by atoms with Crippen LogP contribution in [0.25, 0.3) is 0 Å². The molecule has 6 nitrogen and oxygen atoms in total. The second-order valence-electron chi connectivity index (χ2n) is 4.34. The van der Waals surface area contributed by atoms with E-state index in [0.29, 0.717) is 19.3 Å². The van der Waals surface area contributed by atoms with Gasteiger partial charge in [0.1, 0.15) is 5.54 Å². The minimum Gasteiger partial charge on any atom is -0.272 e. The molecule has 0 heterocycles. The van der Waals surface area contributed by atoms with Crippen molar-refractivity contribution in [1.29, 1.82) is 0 Å². The first kappa shape index (κ1) is 11.6. The third-order valence-electron chi connectivity index (χ3n) is 3.16. The fraction of sp³-hybridized carbons (Fsp3) is 0.667. The van der Waals surface area contributed by atoms with Gasteiger partial charge in [0.05, 0.1) is 5.25 Å². The van der Waals surface area contributed by atoms with Gasteiger partial charge in [-0.05, 0) is 19.3 Å². The molecule has 2 fully saturated rings. The monoisotopic (exact) mass is 245 g/mol. The summed E-state index contributed by atoms with van der Waals surface area (Å²) in [6.07, 6.45) is 3.33. The van der Waals surface area contributed by atoms with Crippen LogP contribution >= 0.6 is 0 Å². The maximum Gasteiger partial charge on any atom is 0.255 e. The molecule has 0 spiro atoms. The molecule has 0 aromatic carbocycles. The summed E-state index contributed by atoms with van der Waals surface area (Å²) in [7, 11) is -3.50. The topological polar surface area (TPSA) is 101 Å². The highest BCUT2D eigenvalue weighted by molar-refractivity contribution is 7.90. The summed E-state index contributed by atoms with van der Waals surface area (Å²) in [5, 5.41) is -0.410. The number of carbonyl (C=O) groups excluding carboxylic acids is 1. The number of sulfonamides is 1. The lowest BCUT2D eigenvalue weighted by Crippen LogP contribution is -2.52. The maximum absolute atomic E-state index is 11.8. The number of nitrogens with two attached hydrogens (primary N) is 1. The van der Waals surface area contributed by atoms with Crippen molar-refractivity contribution >= 4 is 15.9 Å². The Morgan fingerprint density at radius 3 is 2.50 bits per heavy atom. The van der Waals surface area contributed by atoms with Crippen molar-refractivity contribution in [2.24, 2.45) is 11.8 Å². The Labute approximate surface area is 94.3 Å². The van der Waals surface area contributed by atoms with Crippen molar-refractivity contribution in [2.75, 3.05) is 0 Å². The van der Waals surface area contributed by atoms with Crippen LogP contribution in [0.2, 0.25) is 0 Å². The summed E-state index contributed by atoms with van der Waals surface area (Å²) in [5.41, 5.74) is 1.40. The first-order chi connectivity index (χ1) is 7.46. The normalized spacial score (nSPS) is 33.2. The molecule has 0 radical (unpaired) electrons. The van der Waals surface area contributed by atoms with Gasteiger partial charge < -0.3 is 0 Å². The molecule has 2 unspecified atom stereocenters. The standard InChI is InChI=1S/C9H15N3O3S/c1-2-6-5-9(6,12-10)8(13)11-16(14,15)7-3-4-7/h2,6-7,12H,1,3-5,10H2,(H,11,13). The zero-order chi connectivity index (χ0) is 12.0. The molecule has 2 saturated carbocycles. The van der Waals surface area contributed by atoms with Crippen LogP contribution in [0.4, 0.5) is 0 Å². The highest BCUT2D eigenvalue weighted by Gasteiger charge is 2.59. The molecule has 16 heavy (non-hydrogen) atoms. The summed E-state index contributed by atoms with van der Waals surface area (Å²) in [6.45, 7) is 3.57. The van der Waals surface area contributed by atoms with E-state index < -0.39 is 26.7 Å². The summed E-state index contributed by atoms with van der Waals surface area (Å²) < 4.78 is 25.2. The van der Waals surface area contributed by atoms with E-state index in [1.807, 2.05) is 0 Å². The minimum absolute atomic E-state index is 0.105. The third-order valence-corrected chi connectivity index (χ3v) is 4.98. The SMILES string of the molecule is C=CC1CC1(NN)C(=O)NS(=O)(=O)C1CC1. The van der Waals surface area contributed by atoms with E-state index in [1.165, 1.54) is 0 Å². The second kappa shape index (κ2) is 3.54. The van der Waals surface area contributed by atoms with Gasteiger partial charge >= 0.3 is 0 Å². The summed E-state index contributed by atoms with van der Waals surface area (Å²) in [4.78, 5) is 11.8. The molecule has 2 rings (SSSR count). The summed E-state index contributed by atoms with van der Waals surface area (Å²) >= 11 is 0. The Morgan fingerprint density at radius 2 is 2.12 bits per heavy atom. The van der Waals surface area contributed by atoms with Crippen molar-refractivity contribution in [2.45, 2.75) is 30.1 Å². The molecule has 7 heteroatoms. The van der Waals surface area contributed by atoms with E-state index in [9.17, 15) is 13.2 Å². The van der Waals surface area contributed by atoms with Crippen LogP contribution in [0.15, 0.2) is 12.7 Å². The fourth-order valence-corrected chi connectivity index (χ4v) is 3.11. The third kappa shape index (κ3) is 1.74. The molecular formula is C9H15N3O3S. The van der Waals surface area contributed by atoms with Gasteiger partial charge in [0.25, 0.3) is 5.91 Å². The van der Waals surface area contributed by atoms with E-state index in [-0.39, 0.29) is 5.92 Å². The molecule has 0 aromatic heterocycles.